The Balaban J connectivity index is 0.00000104. The van der Waals surface area contributed by atoms with Gasteiger partial charge in [0, 0.05) is 0 Å². The first-order valence-electron chi connectivity index (χ1n) is 9.35. The summed E-state index contributed by atoms with van der Waals surface area (Å²) in [6.07, 6.45) is 23.5. The van der Waals surface area contributed by atoms with Crippen molar-refractivity contribution in [2.75, 3.05) is 0 Å². The molecule has 24 heavy (non-hydrogen) atoms. The summed E-state index contributed by atoms with van der Waals surface area (Å²) >= 11 is -1.36. The van der Waals surface area contributed by atoms with Crippen LogP contribution in [-0.4, -0.2) is 5.92 Å². The van der Waals surface area contributed by atoms with Gasteiger partial charge >= 0.3 is 145 Å². The van der Waals surface area contributed by atoms with E-state index in [2.05, 4.69) is 49.6 Å². The van der Waals surface area contributed by atoms with Crippen molar-refractivity contribution in [1.82, 2.24) is 0 Å². The van der Waals surface area contributed by atoms with Crippen LogP contribution in [0, 0.1) is 11.8 Å². The largest absolute Gasteiger partial charge is 1.00 e. The van der Waals surface area contributed by atoms with Gasteiger partial charge in [-0.3, -0.25) is 0 Å². The van der Waals surface area contributed by atoms with Crippen LogP contribution in [0.15, 0.2) is 47.6 Å². The van der Waals surface area contributed by atoms with E-state index in [4.69, 9.17) is 0 Å². The number of halogens is 2. The minimum atomic E-state index is -1.36. The summed E-state index contributed by atoms with van der Waals surface area (Å²) in [5, 5.41) is 0. The third-order valence-electron chi connectivity index (χ3n) is 6.52. The molecule has 0 saturated heterocycles. The summed E-state index contributed by atoms with van der Waals surface area (Å²) in [6, 6.07) is 0. The van der Waals surface area contributed by atoms with Gasteiger partial charge in [0.15, 0.2) is 0 Å². The van der Waals surface area contributed by atoms with Crippen molar-refractivity contribution in [3.63, 3.8) is 0 Å². The summed E-state index contributed by atoms with van der Waals surface area (Å²) in [6.45, 7) is 5.40. The van der Waals surface area contributed by atoms with E-state index < -0.39 is 26.8 Å². The summed E-state index contributed by atoms with van der Waals surface area (Å²) in [5.41, 5.74) is 3.85. The number of hydrogen-bond acceptors (Lipinski definition) is 0. The molecular weight excluding hydrogens is 430 g/mol. The molecule has 0 spiro atoms. The zero-order valence-corrected chi connectivity index (χ0v) is 20.0. The maximum atomic E-state index is 2.70. The van der Waals surface area contributed by atoms with Crippen LogP contribution in [-0.2, 0) is 20.9 Å². The third-order valence-corrected chi connectivity index (χ3v) is 29.5. The Kier molecular flexibility index (Phi) is 7.88. The van der Waals surface area contributed by atoms with E-state index in [1.54, 1.807) is 12.8 Å². The van der Waals surface area contributed by atoms with Crippen LogP contribution in [0.1, 0.15) is 38.5 Å². The third kappa shape index (κ3) is 3.83. The maximum absolute atomic E-state index is 2.70. The minimum Gasteiger partial charge on any atom is -1.00 e. The molecule has 4 unspecified atom stereocenters. The van der Waals surface area contributed by atoms with Crippen molar-refractivity contribution in [1.29, 1.82) is 0 Å². The second-order valence-electron chi connectivity index (χ2n) is 7.97. The quantitative estimate of drug-likeness (QED) is 0.512. The molecule has 2 fully saturated rings. The molecule has 0 heterocycles. The fourth-order valence-electron chi connectivity index (χ4n) is 5.59. The summed E-state index contributed by atoms with van der Waals surface area (Å²) in [7, 11) is 0. The van der Waals surface area contributed by atoms with Gasteiger partial charge in [0.2, 0.25) is 0 Å². The molecule has 4 aliphatic rings. The molecule has 4 heteroatoms. The van der Waals surface area contributed by atoms with Crippen molar-refractivity contribution in [2.45, 2.75) is 58.9 Å². The Morgan fingerprint density at radius 2 is 1.25 bits per heavy atom. The van der Waals surface area contributed by atoms with Gasteiger partial charge in [-0.2, -0.15) is 0 Å². The van der Waals surface area contributed by atoms with Crippen LogP contribution in [0.3, 0.4) is 0 Å². The molecule has 131 valence electrons. The molecule has 0 bridgehead atoms. The molecule has 0 aliphatic heterocycles. The van der Waals surface area contributed by atoms with Crippen LogP contribution in [0.25, 0.3) is 0 Å². The van der Waals surface area contributed by atoms with Gasteiger partial charge in [0.1, 0.15) is 0 Å². The smallest absolute Gasteiger partial charge is 1.00 e. The van der Waals surface area contributed by atoms with Crippen LogP contribution in [0.4, 0.5) is 0 Å². The standard InChI is InChI=1S/2C9H11.C2H7Si.2ClH.Zr/c2*1-2-5-9-7-3-6-8(9)4-1;1-3-2;;;/h2*1-2,4,6,9H,3,5,7H2;3H,1-2H3;2*1H;/q;;;;;+2/p-2. The van der Waals surface area contributed by atoms with E-state index in [-0.39, 0.29) is 24.8 Å². The van der Waals surface area contributed by atoms with Crippen LogP contribution in [0.5, 0.6) is 0 Å². The first kappa shape index (κ1) is 20.9. The van der Waals surface area contributed by atoms with Crippen molar-refractivity contribution >= 4 is 5.92 Å². The number of fused-ring (bicyclic) bond motifs is 2. The molecule has 0 aromatic carbocycles. The summed E-state index contributed by atoms with van der Waals surface area (Å²) in [4.78, 5) is 0. The molecule has 0 aromatic heterocycles. The fourth-order valence-corrected chi connectivity index (χ4v) is 30.5. The molecule has 0 radical (unpaired) electrons. The van der Waals surface area contributed by atoms with E-state index in [0.29, 0.717) is 0 Å². The molecule has 2 saturated carbocycles. The molecule has 4 aliphatic carbocycles. The fraction of sp³-hybridized carbons (Fsp3) is 0.600. The Labute approximate surface area is 169 Å². The molecule has 0 amide bonds. The van der Waals surface area contributed by atoms with Gasteiger partial charge in [0.05, 0.1) is 0 Å². The Hall–Kier alpha value is 0.640. The molecule has 0 nitrogen and oxygen atoms in total. The van der Waals surface area contributed by atoms with Crippen LogP contribution < -0.4 is 24.8 Å². The summed E-state index contributed by atoms with van der Waals surface area (Å²) in [5.74, 6) is 1.42. The molecule has 4 atom stereocenters. The zero-order chi connectivity index (χ0) is 15.1. The average molecular weight is 460 g/mol. The van der Waals surface area contributed by atoms with Gasteiger partial charge in [-0.05, 0) is 0 Å². The number of allylic oxidation sites excluding steroid dienone is 8. The summed E-state index contributed by atoms with van der Waals surface area (Å²) < 4.78 is 2.22. The zero-order valence-electron chi connectivity index (χ0n) is 14.8. The molecule has 0 aromatic rings. The van der Waals surface area contributed by atoms with Crippen LogP contribution in [0.2, 0.25) is 20.3 Å². The van der Waals surface area contributed by atoms with Gasteiger partial charge in [-0.1, -0.05) is 0 Å². The molecular formula is C20H29Cl2SiZr. The average Bonchev–Trinajstić information content (AvgIpc) is 3.13. The predicted octanol–water partition coefficient (Wildman–Crippen LogP) is -0.234. The topological polar surface area (TPSA) is 0 Å². The van der Waals surface area contributed by atoms with Crippen molar-refractivity contribution < 1.29 is 45.7 Å². The van der Waals surface area contributed by atoms with Crippen molar-refractivity contribution in [2.24, 2.45) is 11.8 Å². The Bertz CT molecular complexity index is 518. The normalized spacial score (nSPS) is 33.1. The number of hydrogen-bond donors (Lipinski definition) is 0. The number of rotatable bonds is 3. The maximum Gasteiger partial charge on any atom is -1.00 e. The van der Waals surface area contributed by atoms with E-state index >= 15 is 0 Å². The van der Waals surface area contributed by atoms with Gasteiger partial charge in [0.25, 0.3) is 0 Å². The monoisotopic (exact) mass is 457 g/mol. The van der Waals surface area contributed by atoms with Gasteiger partial charge < -0.3 is 24.8 Å². The first-order valence-corrected chi connectivity index (χ1v) is 19.3. The van der Waals surface area contributed by atoms with Gasteiger partial charge in [-0.15, -0.1) is 0 Å². The Morgan fingerprint density at radius 1 is 0.792 bits per heavy atom. The van der Waals surface area contributed by atoms with E-state index in [1.165, 1.54) is 25.7 Å². The van der Waals surface area contributed by atoms with E-state index in [1.807, 2.05) is 11.1 Å². The molecule has 0 N–H and O–H groups in total. The van der Waals surface area contributed by atoms with Crippen molar-refractivity contribution in [3.8, 4) is 0 Å². The van der Waals surface area contributed by atoms with Crippen LogP contribution >= 0.6 is 0 Å². The predicted molar refractivity (Wildman–Crippen MR) is 95.5 cm³/mol. The second kappa shape index (κ2) is 9.03. The van der Waals surface area contributed by atoms with E-state index in [0.717, 1.165) is 19.1 Å². The minimum absolute atomic E-state index is 0. The first-order chi connectivity index (χ1) is 10.8. The second-order valence-corrected chi connectivity index (χ2v) is 28.6. The molecule has 4 rings (SSSR count). The SMILES string of the molecule is C[SiH](C)[Zr+2]([CH]1CCC2CC=CC=C21)[CH]1CCC2CC=CC=C21.[Cl-].[Cl-]. The van der Waals surface area contributed by atoms with E-state index in [9.17, 15) is 0 Å². The van der Waals surface area contributed by atoms with Crippen molar-refractivity contribution in [3.05, 3.63) is 47.6 Å². The van der Waals surface area contributed by atoms with Gasteiger partial charge in [-0.25, -0.2) is 0 Å². The Morgan fingerprint density at radius 3 is 1.67 bits per heavy atom.